The molecule has 0 bridgehead atoms. The molecule has 0 aliphatic rings. The second-order valence-corrected chi connectivity index (χ2v) is 5.11. The zero-order valence-corrected chi connectivity index (χ0v) is 13.5. The van der Waals surface area contributed by atoms with E-state index >= 15 is 0 Å². The van der Waals surface area contributed by atoms with Crippen LogP contribution in [-0.4, -0.2) is 36.6 Å². The molecule has 1 aromatic rings. The van der Waals surface area contributed by atoms with Gasteiger partial charge in [-0.2, -0.15) is 5.10 Å². The first kappa shape index (κ1) is 17.0. The van der Waals surface area contributed by atoms with Crippen molar-refractivity contribution in [3.63, 3.8) is 0 Å². The van der Waals surface area contributed by atoms with Crippen LogP contribution < -0.4 is 10.1 Å². The van der Waals surface area contributed by atoms with Gasteiger partial charge in [0.25, 0.3) is 0 Å². The maximum atomic E-state index is 5.48. The fourth-order valence-electron chi connectivity index (χ4n) is 2.31. The van der Waals surface area contributed by atoms with E-state index < -0.39 is 0 Å². The fraction of sp³-hybridized carbons (Fsp3) is 0.800. The Kier molecular flexibility index (Phi) is 7.62. The lowest BCUT2D eigenvalue weighted by atomic mass is 10.1. The van der Waals surface area contributed by atoms with Gasteiger partial charge in [-0.05, 0) is 32.7 Å². The van der Waals surface area contributed by atoms with Crippen LogP contribution in [0.5, 0.6) is 5.75 Å². The summed E-state index contributed by atoms with van der Waals surface area (Å²) < 4.78 is 13.0. The van der Waals surface area contributed by atoms with Crippen molar-refractivity contribution in [3.05, 3.63) is 11.9 Å². The summed E-state index contributed by atoms with van der Waals surface area (Å²) in [6, 6.07) is 0.203. The molecular formula is C15H29N3O2. The van der Waals surface area contributed by atoms with Crippen molar-refractivity contribution in [2.45, 2.75) is 58.7 Å². The Balaban J connectivity index is 2.99. The summed E-state index contributed by atoms with van der Waals surface area (Å²) in [5.41, 5.74) is 1.13. The molecule has 0 spiro atoms. The van der Waals surface area contributed by atoms with Gasteiger partial charge in [-0.25, -0.2) is 0 Å². The predicted molar refractivity (Wildman–Crippen MR) is 81.2 cm³/mol. The highest BCUT2D eigenvalue weighted by Crippen LogP contribution is 2.28. The molecule has 0 aliphatic carbocycles. The first-order chi connectivity index (χ1) is 9.67. The van der Waals surface area contributed by atoms with Gasteiger partial charge in [-0.3, -0.25) is 4.68 Å². The van der Waals surface area contributed by atoms with E-state index in [1.807, 2.05) is 6.20 Å². The molecule has 1 N–H and O–H groups in total. The number of nitrogens with one attached hydrogen (secondary N) is 1. The van der Waals surface area contributed by atoms with Crippen molar-refractivity contribution in [1.82, 2.24) is 15.1 Å². The third-order valence-corrected chi connectivity index (χ3v) is 3.44. The summed E-state index contributed by atoms with van der Waals surface area (Å²) in [6.07, 6.45) is 5.06. The lowest BCUT2D eigenvalue weighted by Gasteiger charge is -2.23. The van der Waals surface area contributed by atoms with Crippen LogP contribution in [0.3, 0.4) is 0 Å². The van der Waals surface area contributed by atoms with Crippen LogP contribution in [0.15, 0.2) is 6.20 Å². The molecule has 0 aromatic carbocycles. The maximum absolute atomic E-state index is 5.48. The van der Waals surface area contributed by atoms with Crippen LogP contribution in [0.2, 0.25) is 0 Å². The van der Waals surface area contributed by atoms with Gasteiger partial charge in [0.1, 0.15) is 0 Å². The molecule has 1 heterocycles. The van der Waals surface area contributed by atoms with Crippen molar-refractivity contribution in [1.29, 1.82) is 0 Å². The highest BCUT2D eigenvalue weighted by Gasteiger charge is 2.23. The van der Waals surface area contributed by atoms with Crippen LogP contribution in [-0.2, 0) is 11.3 Å². The minimum absolute atomic E-state index is 0.194. The van der Waals surface area contributed by atoms with Gasteiger partial charge < -0.3 is 14.8 Å². The van der Waals surface area contributed by atoms with Crippen LogP contribution >= 0.6 is 0 Å². The second-order valence-electron chi connectivity index (χ2n) is 5.11. The summed E-state index contributed by atoms with van der Waals surface area (Å²) >= 11 is 0. The van der Waals surface area contributed by atoms with E-state index in [2.05, 4.69) is 35.9 Å². The molecule has 116 valence electrons. The quantitative estimate of drug-likeness (QED) is 0.717. The SMILES string of the molecule is CCCNC(CC(C)OC)c1c(OC)cnn1CCC. The number of aromatic nitrogens is 2. The maximum Gasteiger partial charge on any atom is 0.161 e. The van der Waals surface area contributed by atoms with Crippen molar-refractivity contribution in [2.24, 2.45) is 0 Å². The molecule has 0 aliphatic heterocycles. The third-order valence-electron chi connectivity index (χ3n) is 3.44. The van der Waals surface area contributed by atoms with Crippen LogP contribution in [0.4, 0.5) is 0 Å². The number of hydrogen-bond donors (Lipinski definition) is 1. The van der Waals surface area contributed by atoms with Crippen molar-refractivity contribution >= 4 is 0 Å². The van der Waals surface area contributed by atoms with Gasteiger partial charge >= 0.3 is 0 Å². The summed E-state index contributed by atoms with van der Waals surface area (Å²) in [7, 11) is 3.45. The normalized spacial score (nSPS) is 14.2. The predicted octanol–water partition coefficient (Wildman–Crippen LogP) is 2.77. The number of ether oxygens (including phenoxy) is 2. The number of methoxy groups -OCH3 is 2. The summed E-state index contributed by atoms with van der Waals surface area (Å²) in [5, 5.41) is 8.04. The Bertz CT molecular complexity index is 379. The molecule has 0 amide bonds. The average Bonchev–Trinajstić information content (AvgIpc) is 2.86. The molecule has 5 nitrogen and oxygen atoms in total. The zero-order valence-electron chi connectivity index (χ0n) is 13.5. The van der Waals surface area contributed by atoms with E-state index in [0.717, 1.165) is 43.8 Å². The van der Waals surface area contributed by atoms with Gasteiger partial charge in [-0.1, -0.05) is 13.8 Å². The first-order valence-corrected chi connectivity index (χ1v) is 7.53. The summed E-state index contributed by atoms with van der Waals surface area (Å²) in [4.78, 5) is 0. The van der Waals surface area contributed by atoms with Gasteiger partial charge in [0.05, 0.1) is 31.1 Å². The lowest BCUT2D eigenvalue weighted by molar-refractivity contribution is 0.0989. The first-order valence-electron chi connectivity index (χ1n) is 7.53. The molecule has 2 unspecified atom stereocenters. The Morgan fingerprint density at radius 3 is 2.60 bits per heavy atom. The highest BCUT2D eigenvalue weighted by atomic mass is 16.5. The van der Waals surface area contributed by atoms with E-state index in [-0.39, 0.29) is 12.1 Å². The van der Waals surface area contributed by atoms with E-state index in [9.17, 15) is 0 Å². The van der Waals surface area contributed by atoms with E-state index in [0.29, 0.717) is 0 Å². The largest absolute Gasteiger partial charge is 0.493 e. The highest BCUT2D eigenvalue weighted by molar-refractivity contribution is 5.28. The van der Waals surface area contributed by atoms with Crippen LogP contribution in [0.1, 0.15) is 51.8 Å². The second kappa shape index (κ2) is 8.97. The summed E-state index contributed by atoms with van der Waals surface area (Å²) in [6.45, 7) is 8.30. The smallest absolute Gasteiger partial charge is 0.161 e. The van der Waals surface area contributed by atoms with Crippen LogP contribution in [0, 0.1) is 0 Å². The molecule has 0 saturated carbocycles. The summed E-state index contributed by atoms with van der Waals surface area (Å²) in [5.74, 6) is 0.857. The topological polar surface area (TPSA) is 48.3 Å². The zero-order chi connectivity index (χ0) is 15.0. The number of rotatable bonds is 10. The van der Waals surface area contributed by atoms with E-state index in [4.69, 9.17) is 9.47 Å². The minimum Gasteiger partial charge on any atom is -0.493 e. The monoisotopic (exact) mass is 283 g/mol. The molecule has 1 rings (SSSR count). The van der Waals surface area contributed by atoms with Crippen LogP contribution in [0.25, 0.3) is 0 Å². The van der Waals surface area contributed by atoms with E-state index in [1.54, 1.807) is 14.2 Å². The molecular weight excluding hydrogens is 254 g/mol. The number of nitrogens with zero attached hydrogens (tertiary/aromatic N) is 2. The van der Waals surface area contributed by atoms with Crippen molar-refractivity contribution < 1.29 is 9.47 Å². The van der Waals surface area contributed by atoms with E-state index in [1.165, 1.54) is 0 Å². The minimum atomic E-state index is 0.194. The van der Waals surface area contributed by atoms with Gasteiger partial charge in [-0.15, -0.1) is 0 Å². The molecule has 0 saturated heterocycles. The Morgan fingerprint density at radius 1 is 1.30 bits per heavy atom. The molecule has 20 heavy (non-hydrogen) atoms. The van der Waals surface area contributed by atoms with Gasteiger partial charge in [0.15, 0.2) is 5.75 Å². The van der Waals surface area contributed by atoms with Crippen molar-refractivity contribution in [2.75, 3.05) is 20.8 Å². The Labute approximate surface area is 122 Å². The van der Waals surface area contributed by atoms with Gasteiger partial charge in [0, 0.05) is 13.7 Å². The molecule has 0 radical (unpaired) electrons. The third kappa shape index (κ3) is 4.49. The standard InChI is InChI=1S/C15H29N3O2/c1-6-8-16-13(10-12(3)19-4)15-14(20-5)11-17-18(15)9-7-2/h11-13,16H,6-10H2,1-5H3. The lowest BCUT2D eigenvalue weighted by Crippen LogP contribution is -2.28. The average molecular weight is 283 g/mol. The van der Waals surface area contributed by atoms with Crippen molar-refractivity contribution in [3.8, 4) is 5.75 Å². The Morgan fingerprint density at radius 2 is 2.05 bits per heavy atom. The molecule has 2 atom stereocenters. The fourth-order valence-corrected chi connectivity index (χ4v) is 2.31. The van der Waals surface area contributed by atoms with Gasteiger partial charge in [0.2, 0.25) is 0 Å². The molecule has 1 aromatic heterocycles. The molecule has 5 heteroatoms. The number of hydrogen-bond acceptors (Lipinski definition) is 4. The molecule has 0 fully saturated rings. The Hall–Kier alpha value is -1.07. The number of aryl methyl sites for hydroxylation is 1.